The quantitative estimate of drug-likeness (QED) is 0.291. The molecular formula is C25H31N7O4S. The number of sulfonamides is 1. The normalized spacial score (nSPS) is 16.4. The summed E-state index contributed by atoms with van der Waals surface area (Å²) in [6, 6.07) is 11.9. The van der Waals surface area contributed by atoms with Crippen LogP contribution in [0.4, 0.5) is 5.69 Å². The van der Waals surface area contributed by atoms with E-state index in [9.17, 15) is 8.42 Å². The Hall–Kier alpha value is -3.37. The number of nitrogens with one attached hydrogen (secondary N) is 1. The summed E-state index contributed by atoms with van der Waals surface area (Å²) >= 11 is 0. The molecule has 11 nitrogen and oxygen atoms in total. The van der Waals surface area contributed by atoms with E-state index in [4.69, 9.17) is 19.7 Å². The van der Waals surface area contributed by atoms with Crippen LogP contribution in [0, 0.1) is 11.3 Å². The van der Waals surface area contributed by atoms with E-state index in [1.165, 1.54) is 4.31 Å². The molecular weight excluding hydrogens is 494 g/mol. The van der Waals surface area contributed by atoms with Crippen LogP contribution in [0.5, 0.6) is 5.88 Å². The summed E-state index contributed by atoms with van der Waals surface area (Å²) in [7, 11) is 0.530. The van der Waals surface area contributed by atoms with Gasteiger partial charge in [0.15, 0.2) is 5.52 Å². The molecule has 1 aliphatic heterocycles. The first-order valence-electron chi connectivity index (χ1n) is 12.1. The summed E-state index contributed by atoms with van der Waals surface area (Å²) in [5.41, 5.74) is 3.87. The summed E-state index contributed by atoms with van der Waals surface area (Å²) in [6.07, 6.45) is 3.18. The molecule has 1 N–H and O–H groups in total. The van der Waals surface area contributed by atoms with Crippen molar-refractivity contribution >= 4 is 26.7 Å². The van der Waals surface area contributed by atoms with Gasteiger partial charge in [-0.15, -0.1) is 0 Å². The molecule has 1 aliphatic rings. The van der Waals surface area contributed by atoms with Crippen molar-refractivity contribution in [3.05, 3.63) is 42.7 Å². The third-order valence-corrected chi connectivity index (χ3v) is 7.89. The molecule has 0 aliphatic carbocycles. The van der Waals surface area contributed by atoms with E-state index in [1.54, 1.807) is 12.4 Å². The van der Waals surface area contributed by atoms with E-state index < -0.39 is 16.1 Å². The van der Waals surface area contributed by atoms with Crippen molar-refractivity contribution in [3.63, 3.8) is 0 Å². The predicted molar refractivity (Wildman–Crippen MR) is 141 cm³/mol. The third kappa shape index (κ3) is 6.90. The Kier molecular flexibility index (Phi) is 8.83. The average Bonchev–Trinajstić information content (AvgIpc) is 2.91. The second kappa shape index (κ2) is 12.2. The standard InChI is InChI=1S/C25H31N7O4S/c1-31(2)20-6-4-19(5-7-20)22-16-23-24(29-12-11-28-23)25(30-22)36-18-21-17-32(13-14-35-21)37(33,34)15-3-9-27-10-8-26/h4-7,11-12,16,21,27H,3,9-10,13-15,17-18H2,1-2H3/t21-/m0/s1. The van der Waals surface area contributed by atoms with E-state index in [-0.39, 0.29) is 32.1 Å². The number of fused-ring (bicyclic) bond motifs is 1. The highest BCUT2D eigenvalue weighted by Crippen LogP contribution is 2.28. The number of benzene rings is 1. The zero-order valence-electron chi connectivity index (χ0n) is 21.0. The van der Waals surface area contributed by atoms with Gasteiger partial charge in [0, 0.05) is 50.8 Å². The molecule has 0 spiro atoms. The molecule has 1 aromatic carbocycles. The zero-order valence-corrected chi connectivity index (χ0v) is 21.8. The molecule has 1 atom stereocenters. The van der Waals surface area contributed by atoms with Crippen molar-refractivity contribution < 1.29 is 17.9 Å². The molecule has 0 amide bonds. The molecule has 3 heterocycles. The van der Waals surface area contributed by atoms with Gasteiger partial charge in [0.05, 0.1) is 36.2 Å². The van der Waals surface area contributed by atoms with Crippen molar-refractivity contribution in [1.29, 1.82) is 5.26 Å². The topological polar surface area (TPSA) is 134 Å². The second-order valence-corrected chi connectivity index (χ2v) is 10.9. The molecule has 0 radical (unpaired) electrons. The van der Waals surface area contributed by atoms with Gasteiger partial charge >= 0.3 is 0 Å². The van der Waals surface area contributed by atoms with E-state index in [1.807, 2.05) is 55.4 Å². The van der Waals surface area contributed by atoms with E-state index in [0.717, 1.165) is 11.3 Å². The average molecular weight is 526 g/mol. The minimum absolute atomic E-state index is 0.00937. The van der Waals surface area contributed by atoms with Crippen LogP contribution in [-0.4, -0.2) is 93.0 Å². The van der Waals surface area contributed by atoms with Gasteiger partial charge in [0.25, 0.3) is 0 Å². The van der Waals surface area contributed by atoms with E-state index in [2.05, 4.69) is 15.3 Å². The van der Waals surface area contributed by atoms with E-state index >= 15 is 0 Å². The van der Waals surface area contributed by atoms with Gasteiger partial charge in [0.1, 0.15) is 12.7 Å². The van der Waals surface area contributed by atoms with Crippen LogP contribution in [0.3, 0.4) is 0 Å². The van der Waals surface area contributed by atoms with Crippen LogP contribution < -0.4 is 15.0 Å². The summed E-state index contributed by atoms with van der Waals surface area (Å²) in [4.78, 5) is 15.6. The number of ether oxygens (including phenoxy) is 2. The van der Waals surface area contributed by atoms with Gasteiger partial charge in [-0.2, -0.15) is 9.57 Å². The van der Waals surface area contributed by atoms with Crippen LogP contribution in [0.15, 0.2) is 42.7 Å². The highest BCUT2D eigenvalue weighted by atomic mass is 32.2. The van der Waals surface area contributed by atoms with Gasteiger partial charge in [-0.25, -0.2) is 18.4 Å². The molecule has 0 bridgehead atoms. The van der Waals surface area contributed by atoms with Crippen LogP contribution in [-0.2, 0) is 14.8 Å². The lowest BCUT2D eigenvalue weighted by atomic mass is 10.1. The highest BCUT2D eigenvalue weighted by molar-refractivity contribution is 7.89. The smallest absolute Gasteiger partial charge is 0.242 e. The van der Waals surface area contributed by atoms with Gasteiger partial charge in [-0.05, 0) is 31.2 Å². The Morgan fingerprint density at radius 3 is 2.78 bits per heavy atom. The van der Waals surface area contributed by atoms with Gasteiger partial charge in [-0.1, -0.05) is 12.1 Å². The number of nitrogens with zero attached hydrogens (tertiary/aromatic N) is 6. The van der Waals surface area contributed by atoms with Gasteiger partial charge < -0.3 is 19.7 Å². The number of pyridine rings is 1. The molecule has 1 saturated heterocycles. The SMILES string of the molecule is CN(C)c1ccc(-c2cc3nccnc3c(OC[C@@H]3CN(S(=O)(=O)CCCNCC#N)CCO3)n2)cc1. The molecule has 37 heavy (non-hydrogen) atoms. The first kappa shape index (κ1) is 26.7. The number of morpholine rings is 1. The Balaban J connectivity index is 1.45. The third-order valence-electron chi connectivity index (χ3n) is 5.96. The second-order valence-electron chi connectivity index (χ2n) is 8.84. The van der Waals surface area contributed by atoms with Crippen LogP contribution in [0.2, 0.25) is 0 Å². The number of aromatic nitrogens is 3. The van der Waals surface area contributed by atoms with Crippen LogP contribution in [0.25, 0.3) is 22.3 Å². The molecule has 2 aromatic heterocycles. The number of hydrogen-bond donors (Lipinski definition) is 1. The lowest BCUT2D eigenvalue weighted by Gasteiger charge is -2.32. The highest BCUT2D eigenvalue weighted by Gasteiger charge is 2.29. The molecule has 196 valence electrons. The van der Waals surface area contributed by atoms with Gasteiger partial charge in [0.2, 0.25) is 15.9 Å². The van der Waals surface area contributed by atoms with Crippen molar-refractivity contribution in [1.82, 2.24) is 24.6 Å². The molecule has 4 rings (SSSR count). The summed E-state index contributed by atoms with van der Waals surface area (Å²) in [5.74, 6) is 0.333. The zero-order chi connectivity index (χ0) is 26.3. The first-order valence-corrected chi connectivity index (χ1v) is 13.7. The van der Waals surface area contributed by atoms with Crippen molar-refractivity contribution in [2.75, 3.05) is 64.1 Å². The Bertz CT molecular complexity index is 1340. The van der Waals surface area contributed by atoms with Gasteiger partial charge in [-0.3, -0.25) is 4.98 Å². The molecule has 3 aromatic rings. The number of nitriles is 1. The summed E-state index contributed by atoms with van der Waals surface area (Å²) in [5, 5.41) is 11.5. The number of hydrogen-bond acceptors (Lipinski definition) is 10. The maximum absolute atomic E-state index is 12.8. The maximum atomic E-state index is 12.8. The van der Waals surface area contributed by atoms with Crippen molar-refractivity contribution in [3.8, 4) is 23.2 Å². The number of anilines is 1. The van der Waals surface area contributed by atoms with Crippen LogP contribution in [0.1, 0.15) is 6.42 Å². The minimum atomic E-state index is -3.44. The fourth-order valence-corrected chi connectivity index (χ4v) is 5.51. The Morgan fingerprint density at radius 2 is 2.03 bits per heavy atom. The predicted octanol–water partition coefficient (Wildman–Crippen LogP) is 1.67. The fourth-order valence-electron chi connectivity index (χ4n) is 3.99. The summed E-state index contributed by atoms with van der Waals surface area (Å²) in [6.45, 7) is 1.58. The Labute approximate surface area is 217 Å². The van der Waals surface area contributed by atoms with Crippen molar-refractivity contribution in [2.24, 2.45) is 0 Å². The van der Waals surface area contributed by atoms with E-state index in [0.29, 0.717) is 42.1 Å². The largest absolute Gasteiger partial charge is 0.473 e. The molecule has 12 heteroatoms. The molecule has 0 saturated carbocycles. The molecule has 0 unspecified atom stereocenters. The monoisotopic (exact) mass is 525 g/mol. The maximum Gasteiger partial charge on any atom is 0.242 e. The lowest BCUT2D eigenvalue weighted by molar-refractivity contribution is -0.0254. The fraction of sp³-hybridized carbons (Fsp3) is 0.440. The lowest BCUT2D eigenvalue weighted by Crippen LogP contribution is -2.48. The Morgan fingerprint density at radius 1 is 1.24 bits per heavy atom. The summed E-state index contributed by atoms with van der Waals surface area (Å²) < 4.78 is 38.9. The molecule has 1 fully saturated rings. The van der Waals surface area contributed by atoms with Crippen LogP contribution >= 0.6 is 0 Å². The number of rotatable bonds is 11. The minimum Gasteiger partial charge on any atom is -0.473 e. The van der Waals surface area contributed by atoms with Crippen molar-refractivity contribution in [2.45, 2.75) is 12.5 Å². The first-order chi connectivity index (χ1) is 17.9.